The molecule has 0 aliphatic carbocycles. The fourth-order valence-corrected chi connectivity index (χ4v) is 2.13. The number of amides is 2. The molecule has 0 saturated heterocycles. The van der Waals surface area contributed by atoms with Crippen molar-refractivity contribution in [3.05, 3.63) is 53.6 Å². The first-order valence-corrected chi connectivity index (χ1v) is 7.92. The summed E-state index contributed by atoms with van der Waals surface area (Å²) in [5, 5.41) is 15.1. The molecule has 0 saturated carbocycles. The minimum Gasteiger partial charge on any atom is -0.493 e. The van der Waals surface area contributed by atoms with Crippen molar-refractivity contribution in [2.24, 2.45) is 5.10 Å². The van der Waals surface area contributed by atoms with E-state index in [1.807, 2.05) is 6.07 Å². The number of anilines is 1. The summed E-state index contributed by atoms with van der Waals surface area (Å²) < 4.78 is 10.4. The van der Waals surface area contributed by atoms with Gasteiger partial charge in [-0.05, 0) is 48.0 Å². The Balaban J connectivity index is 1.99. The minimum absolute atomic E-state index is 0.0828. The molecule has 0 atom stereocenters. The van der Waals surface area contributed by atoms with Gasteiger partial charge in [0, 0.05) is 18.2 Å². The molecule has 138 valence electrons. The van der Waals surface area contributed by atoms with Crippen molar-refractivity contribution in [3.63, 3.8) is 0 Å². The number of hydrogen-bond donors (Lipinski definition) is 2. The average molecular weight is 366 g/mol. The molecule has 2 amide bonds. The summed E-state index contributed by atoms with van der Waals surface area (Å²) in [5.74, 6) is 0.325. The summed E-state index contributed by atoms with van der Waals surface area (Å²) in [7, 11) is 1.49. The molecular weight excluding hydrogens is 348 g/mol. The molecule has 0 bridgehead atoms. The van der Waals surface area contributed by atoms with Gasteiger partial charge in [-0.3, -0.25) is 9.59 Å². The second-order valence-electron chi connectivity index (χ2n) is 5.31. The number of carbonyl (C=O) groups is 2. The topological polar surface area (TPSA) is 113 Å². The summed E-state index contributed by atoms with van der Waals surface area (Å²) in [6, 6.07) is 13.4. The lowest BCUT2D eigenvalue weighted by Crippen LogP contribution is -2.17. The van der Waals surface area contributed by atoms with E-state index in [9.17, 15) is 9.59 Å². The Morgan fingerprint density at radius 3 is 2.56 bits per heavy atom. The number of benzene rings is 2. The monoisotopic (exact) mass is 366 g/mol. The van der Waals surface area contributed by atoms with Crippen LogP contribution in [-0.4, -0.2) is 31.7 Å². The number of ether oxygens (including phenoxy) is 2. The van der Waals surface area contributed by atoms with Crippen molar-refractivity contribution in [1.82, 2.24) is 5.43 Å². The van der Waals surface area contributed by atoms with Crippen molar-refractivity contribution in [2.75, 3.05) is 19.0 Å². The molecule has 8 nitrogen and oxygen atoms in total. The Kier molecular flexibility index (Phi) is 6.91. The summed E-state index contributed by atoms with van der Waals surface area (Å²) in [6.45, 7) is 1.33. The second-order valence-corrected chi connectivity index (χ2v) is 5.31. The van der Waals surface area contributed by atoms with Crippen molar-refractivity contribution in [2.45, 2.75) is 6.92 Å². The van der Waals surface area contributed by atoms with Crippen LogP contribution in [0.15, 0.2) is 47.6 Å². The van der Waals surface area contributed by atoms with Gasteiger partial charge in [0.1, 0.15) is 6.07 Å². The van der Waals surface area contributed by atoms with E-state index in [1.165, 1.54) is 20.2 Å². The normalized spacial score (nSPS) is 10.1. The predicted octanol–water partition coefficient (Wildman–Crippen LogP) is 2.32. The molecule has 2 N–H and O–H groups in total. The zero-order chi connectivity index (χ0) is 19.6. The van der Waals surface area contributed by atoms with Crippen molar-refractivity contribution in [3.8, 4) is 17.6 Å². The number of hydrogen-bond acceptors (Lipinski definition) is 6. The number of nitriles is 1. The van der Waals surface area contributed by atoms with Gasteiger partial charge in [-0.2, -0.15) is 10.4 Å². The SMILES string of the molecule is COc1cc(C=NNC(=O)c2ccc(NC(C)=O)cc2)ccc1OCC#N. The molecular formula is C19H18N4O4. The molecule has 2 rings (SSSR count). The van der Waals surface area contributed by atoms with Crippen molar-refractivity contribution in [1.29, 1.82) is 5.26 Å². The highest BCUT2D eigenvalue weighted by atomic mass is 16.5. The largest absolute Gasteiger partial charge is 0.493 e. The van der Waals surface area contributed by atoms with Crippen LogP contribution in [0.5, 0.6) is 11.5 Å². The maximum atomic E-state index is 12.1. The van der Waals surface area contributed by atoms with Crippen LogP contribution >= 0.6 is 0 Å². The van der Waals surface area contributed by atoms with Crippen LogP contribution in [0.1, 0.15) is 22.8 Å². The highest BCUT2D eigenvalue weighted by molar-refractivity contribution is 5.96. The quantitative estimate of drug-likeness (QED) is 0.577. The van der Waals surface area contributed by atoms with Gasteiger partial charge in [0.2, 0.25) is 5.91 Å². The first-order chi connectivity index (χ1) is 13.0. The Morgan fingerprint density at radius 1 is 1.19 bits per heavy atom. The second kappa shape index (κ2) is 9.58. The standard InChI is InChI=1S/C19H18N4O4/c1-13(24)22-16-6-4-15(5-7-16)19(25)23-21-12-14-3-8-17(27-10-9-20)18(11-14)26-2/h3-8,11-12H,10H2,1-2H3,(H,22,24)(H,23,25). The third-order valence-corrected chi connectivity index (χ3v) is 3.33. The van der Waals surface area contributed by atoms with Crippen LogP contribution in [0.2, 0.25) is 0 Å². The van der Waals surface area contributed by atoms with Crippen LogP contribution in [0.25, 0.3) is 0 Å². The number of rotatable bonds is 7. The lowest BCUT2D eigenvalue weighted by molar-refractivity contribution is -0.114. The van der Waals surface area contributed by atoms with E-state index in [0.717, 1.165) is 0 Å². The van der Waals surface area contributed by atoms with Gasteiger partial charge in [0.25, 0.3) is 5.91 Å². The van der Waals surface area contributed by atoms with Gasteiger partial charge in [0.15, 0.2) is 18.1 Å². The zero-order valence-electron chi connectivity index (χ0n) is 14.9. The molecule has 2 aromatic carbocycles. The summed E-state index contributed by atoms with van der Waals surface area (Å²) in [6.07, 6.45) is 1.46. The minimum atomic E-state index is -0.387. The predicted molar refractivity (Wildman–Crippen MR) is 99.9 cm³/mol. The van der Waals surface area contributed by atoms with E-state index in [1.54, 1.807) is 42.5 Å². The number of methoxy groups -OCH3 is 1. The van der Waals surface area contributed by atoms with E-state index in [-0.39, 0.29) is 18.4 Å². The summed E-state index contributed by atoms with van der Waals surface area (Å²) in [4.78, 5) is 23.1. The van der Waals surface area contributed by atoms with Crippen molar-refractivity contribution < 1.29 is 19.1 Å². The third kappa shape index (κ3) is 5.86. The van der Waals surface area contributed by atoms with Gasteiger partial charge in [-0.1, -0.05) is 0 Å². The van der Waals surface area contributed by atoms with Crippen LogP contribution in [0, 0.1) is 11.3 Å². The summed E-state index contributed by atoms with van der Waals surface area (Å²) in [5.41, 5.74) is 4.11. The highest BCUT2D eigenvalue weighted by Crippen LogP contribution is 2.27. The van der Waals surface area contributed by atoms with E-state index >= 15 is 0 Å². The van der Waals surface area contributed by atoms with Crippen LogP contribution in [0.3, 0.4) is 0 Å². The number of nitrogens with zero attached hydrogens (tertiary/aromatic N) is 2. The summed E-state index contributed by atoms with van der Waals surface area (Å²) >= 11 is 0. The number of nitrogens with one attached hydrogen (secondary N) is 2. The Hall–Kier alpha value is -3.86. The molecule has 0 heterocycles. The van der Waals surface area contributed by atoms with E-state index < -0.39 is 0 Å². The third-order valence-electron chi connectivity index (χ3n) is 3.33. The van der Waals surface area contributed by atoms with Gasteiger partial charge < -0.3 is 14.8 Å². The maximum absolute atomic E-state index is 12.1. The first kappa shape index (κ1) is 19.5. The van der Waals surface area contributed by atoms with E-state index in [4.69, 9.17) is 14.7 Å². The smallest absolute Gasteiger partial charge is 0.271 e. The van der Waals surface area contributed by atoms with Gasteiger partial charge >= 0.3 is 0 Å². The molecule has 27 heavy (non-hydrogen) atoms. The lowest BCUT2D eigenvalue weighted by atomic mass is 10.2. The lowest BCUT2D eigenvalue weighted by Gasteiger charge is -2.08. The van der Waals surface area contributed by atoms with Gasteiger partial charge in [0.05, 0.1) is 13.3 Å². The molecule has 0 aliphatic rings. The molecule has 2 aromatic rings. The molecule has 0 aromatic heterocycles. The van der Waals surface area contributed by atoms with Crippen molar-refractivity contribution >= 4 is 23.7 Å². The zero-order valence-corrected chi connectivity index (χ0v) is 14.9. The Morgan fingerprint density at radius 2 is 1.93 bits per heavy atom. The first-order valence-electron chi connectivity index (χ1n) is 7.92. The molecule has 0 radical (unpaired) electrons. The molecule has 0 unspecified atom stereocenters. The van der Waals surface area contributed by atoms with Gasteiger partial charge in [-0.15, -0.1) is 0 Å². The molecule has 0 aliphatic heterocycles. The molecule has 8 heteroatoms. The average Bonchev–Trinajstić information content (AvgIpc) is 2.66. The van der Waals surface area contributed by atoms with Crippen LogP contribution in [0.4, 0.5) is 5.69 Å². The number of carbonyl (C=O) groups excluding carboxylic acids is 2. The van der Waals surface area contributed by atoms with Crippen LogP contribution < -0.4 is 20.2 Å². The number of hydrazone groups is 1. The Bertz CT molecular complexity index is 886. The fourth-order valence-electron chi connectivity index (χ4n) is 2.13. The van der Waals surface area contributed by atoms with Crippen LogP contribution in [-0.2, 0) is 4.79 Å². The van der Waals surface area contributed by atoms with E-state index in [2.05, 4.69) is 15.8 Å². The highest BCUT2D eigenvalue weighted by Gasteiger charge is 2.06. The fraction of sp³-hybridized carbons (Fsp3) is 0.158. The molecule has 0 fully saturated rings. The maximum Gasteiger partial charge on any atom is 0.271 e. The molecule has 0 spiro atoms. The van der Waals surface area contributed by atoms with E-state index in [0.29, 0.717) is 28.3 Å². The van der Waals surface area contributed by atoms with Gasteiger partial charge in [-0.25, -0.2) is 5.43 Å². The Labute approximate surface area is 156 Å².